The number of nitrogens with one attached hydrogen (secondary N) is 1. The quantitative estimate of drug-likeness (QED) is 0.888. The van der Waals surface area contributed by atoms with E-state index in [2.05, 4.69) is 54.7 Å². The molecule has 1 heterocycles. The third-order valence-electron chi connectivity index (χ3n) is 3.92. The van der Waals surface area contributed by atoms with Crippen molar-refractivity contribution < 1.29 is 4.74 Å². The second-order valence-corrected chi connectivity index (χ2v) is 5.39. The summed E-state index contributed by atoms with van der Waals surface area (Å²) in [5.41, 5.74) is 3.93. The molecule has 0 saturated heterocycles. The summed E-state index contributed by atoms with van der Waals surface area (Å²) >= 11 is 0. The van der Waals surface area contributed by atoms with Crippen molar-refractivity contribution in [2.24, 2.45) is 0 Å². The van der Waals surface area contributed by atoms with Gasteiger partial charge in [0.1, 0.15) is 5.75 Å². The van der Waals surface area contributed by atoms with Gasteiger partial charge in [0.2, 0.25) is 0 Å². The second-order valence-electron chi connectivity index (χ2n) is 5.39. The molecular weight excluding hydrogens is 246 g/mol. The van der Waals surface area contributed by atoms with Crippen LogP contribution in [0.5, 0.6) is 5.75 Å². The number of anilines is 1. The van der Waals surface area contributed by atoms with Crippen molar-refractivity contribution in [3.8, 4) is 5.75 Å². The summed E-state index contributed by atoms with van der Waals surface area (Å²) < 4.78 is 5.82. The molecule has 0 spiro atoms. The first-order chi connectivity index (χ1) is 9.79. The minimum absolute atomic E-state index is 0.408. The molecule has 1 aliphatic heterocycles. The summed E-state index contributed by atoms with van der Waals surface area (Å²) in [6.45, 7) is 4.99. The topological polar surface area (TPSA) is 21.3 Å². The number of ether oxygens (including phenoxy) is 1. The van der Waals surface area contributed by atoms with Crippen LogP contribution in [-0.2, 0) is 0 Å². The Morgan fingerprint density at radius 1 is 1.05 bits per heavy atom. The summed E-state index contributed by atoms with van der Waals surface area (Å²) in [6, 6.07) is 17.5. The van der Waals surface area contributed by atoms with E-state index >= 15 is 0 Å². The highest BCUT2D eigenvalue weighted by molar-refractivity contribution is 5.59. The van der Waals surface area contributed by atoms with Crippen LogP contribution in [0, 0.1) is 0 Å². The Bertz CT molecular complexity index is 593. The molecule has 0 aliphatic carbocycles. The zero-order valence-corrected chi connectivity index (χ0v) is 12.1. The van der Waals surface area contributed by atoms with Crippen molar-refractivity contribution in [1.29, 1.82) is 0 Å². The lowest BCUT2D eigenvalue weighted by Crippen LogP contribution is -2.26. The molecule has 2 aromatic rings. The fraction of sp³-hybridized carbons (Fsp3) is 0.333. The Hall–Kier alpha value is -1.96. The van der Waals surface area contributed by atoms with Gasteiger partial charge in [-0.05, 0) is 38.0 Å². The average Bonchev–Trinajstić information content (AvgIpc) is 2.47. The fourth-order valence-electron chi connectivity index (χ4n) is 3.09. The number of fused-ring (bicyclic) bond motifs is 1. The van der Waals surface area contributed by atoms with Crippen LogP contribution in [0.2, 0.25) is 0 Å². The van der Waals surface area contributed by atoms with E-state index in [1.807, 2.05) is 13.0 Å². The second kappa shape index (κ2) is 5.58. The molecule has 2 atom stereocenters. The molecule has 0 fully saturated rings. The maximum Gasteiger partial charge on any atom is 0.123 e. The lowest BCUT2D eigenvalue weighted by atomic mass is 9.82. The molecule has 1 aliphatic rings. The third-order valence-corrected chi connectivity index (χ3v) is 3.92. The molecule has 0 bridgehead atoms. The Labute approximate surface area is 120 Å². The number of hydrogen-bond acceptors (Lipinski definition) is 2. The van der Waals surface area contributed by atoms with Gasteiger partial charge in [0.25, 0.3) is 0 Å². The smallest absolute Gasteiger partial charge is 0.123 e. The third kappa shape index (κ3) is 2.38. The first-order valence-corrected chi connectivity index (χ1v) is 7.36. The standard InChI is InChI=1S/C18H21NO/c1-3-20-18-11-7-5-9-15(18)16-12-13(2)19-17-10-6-4-8-14(16)17/h4-11,13,16,19H,3,12H2,1-2H3. The Balaban J connectivity index is 2.06. The highest BCUT2D eigenvalue weighted by Gasteiger charge is 2.27. The van der Waals surface area contributed by atoms with Crippen LogP contribution in [0.15, 0.2) is 48.5 Å². The molecule has 2 unspecified atom stereocenters. The van der Waals surface area contributed by atoms with Gasteiger partial charge < -0.3 is 10.1 Å². The van der Waals surface area contributed by atoms with E-state index in [0.29, 0.717) is 18.6 Å². The highest BCUT2D eigenvalue weighted by atomic mass is 16.5. The lowest BCUT2D eigenvalue weighted by Gasteiger charge is -2.32. The van der Waals surface area contributed by atoms with Crippen molar-refractivity contribution >= 4 is 5.69 Å². The molecule has 2 aromatic carbocycles. The van der Waals surface area contributed by atoms with E-state index in [0.717, 1.165) is 12.2 Å². The van der Waals surface area contributed by atoms with E-state index in [-0.39, 0.29) is 0 Å². The van der Waals surface area contributed by atoms with Gasteiger partial charge in [-0.3, -0.25) is 0 Å². The minimum atomic E-state index is 0.408. The van der Waals surface area contributed by atoms with Crippen LogP contribution < -0.4 is 10.1 Å². The van der Waals surface area contributed by atoms with Crippen LogP contribution in [0.4, 0.5) is 5.69 Å². The molecule has 1 N–H and O–H groups in total. The van der Waals surface area contributed by atoms with Gasteiger partial charge in [-0.25, -0.2) is 0 Å². The number of rotatable bonds is 3. The molecule has 0 amide bonds. The summed E-state index contributed by atoms with van der Waals surface area (Å²) in [5.74, 6) is 1.43. The van der Waals surface area contributed by atoms with Crippen LogP contribution in [0.25, 0.3) is 0 Å². The molecule has 0 radical (unpaired) electrons. The molecule has 20 heavy (non-hydrogen) atoms. The molecule has 104 valence electrons. The molecule has 0 saturated carbocycles. The predicted molar refractivity (Wildman–Crippen MR) is 83.6 cm³/mol. The molecule has 2 nitrogen and oxygen atoms in total. The number of benzene rings is 2. The summed E-state index contributed by atoms with van der Waals surface area (Å²) in [5, 5.41) is 3.57. The first kappa shape index (κ1) is 13.0. The zero-order chi connectivity index (χ0) is 13.9. The molecule has 0 aromatic heterocycles. The Morgan fingerprint density at radius 2 is 1.75 bits per heavy atom. The van der Waals surface area contributed by atoms with E-state index in [1.165, 1.54) is 16.8 Å². The van der Waals surface area contributed by atoms with Crippen molar-refractivity contribution in [3.63, 3.8) is 0 Å². The van der Waals surface area contributed by atoms with Gasteiger partial charge in [0.05, 0.1) is 6.61 Å². The van der Waals surface area contributed by atoms with Crippen LogP contribution in [0.3, 0.4) is 0 Å². The minimum Gasteiger partial charge on any atom is -0.494 e. The van der Waals surface area contributed by atoms with Crippen LogP contribution in [0.1, 0.15) is 37.3 Å². The van der Waals surface area contributed by atoms with E-state index < -0.39 is 0 Å². The van der Waals surface area contributed by atoms with Crippen LogP contribution in [-0.4, -0.2) is 12.6 Å². The van der Waals surface area contributed by atoms with E-state index in [4.69, 9.17) is 4.74 Å². The monoisotopic (exact) mass is 267 g/mol. The molecular formula is C18H21NO. The van der Waals surface area contributed by atoms with Crippen molar-refractivity contribution in [3.05, 3.63) is 59.7 Å². The summed E-state index contributed by atoms with van der Waals surface area (Å²) in [6.07, 6.45) is 1.10. The Morgan fingerprint density at radius 3 is 2.55 bits per heavy atom. The van der Waals surface area contributed by atoms with Gasteiger partial charge in [-0.2, -0.15) is 0 Å². The van der Waals surface area contributed by atoms with Gasteiger partial charge >= 0.3 is 0 Å². The summed E-state index contributed by atoms with van der Waals surface area (Å²) in [7, 11) is 0. The zero-order valence-electron chi connectivity index (χ0n) is 12.1. The fourth-order valence-corrected chi connectivity index (χ4v) is 3.09. The number of para-hydroxylation sites is 2. The van der Waals surface area contributed by atoms with Gasteiger partial charge in [0.15, 0.2) is 0 Å². The molecule has 3 rings (SSSR count). The van der Waals surface area contributed by atoms with Gasteiger partial charge in [-0.15, -0.1) is 0 Å². The lowest BCUT2D eigenvalue weighted by molar-refractivity contribution is 0.334. The highest BCUT2D eigenvalue weighted by Crippen LogP contribution is 2.41. The van der Waals surface area contributed by atoms with E-state index in [9.17, 15) is 0 Å². The Kier molecular flexibility index (Phi) is 3.64. The predicted octanol–water partition coefficient (Wildman–Crippen LogP) is 4.42. The van der Waals surface area contributed by atoms with Gasteiger partial charge in [-0.1, -0.05) is 36.4 Å². The maximum atomic E-state index is 5.82. The van der Waals surface area contributed by atoms with Crippen LogP contribution >= 0.6 is 0 Å². The summed E-state index contributed by atoms with van der Waals surface area (Å²) in [4.78, 5) is 0. The molecule has 2 heteroatoms. The normalized spacial score (nSPS) is 20.9. The van der Waals surface area contributed by atoms with E-state index in [1.54, 1.807) is 0 Å². The first-order valence-electron chi connectivity index (χ1n) is 7.36. The number of hydrogen-bond donors (Lipinski definition) is 1. The maximum absolute atomic E-state index is 5.82. The van der Waals surface area contributed by atoms with Gasteiger partial charge in [0, 0.05) is 23.2 Å². The largest absolute Gasteiger partial charge is 0.494 e. The van der Waals surface area contributed by atoms with Crippen molar-refractivity contribution in [1.82, 2.24) is 0 Å². The SMILES string of the molecule is CCOc1ccccc1C1CC(C)Nc2ccccc21. The van der Waals surface area contributed by atoms with Crippen molar-refractivity contribution in [2.45, 2.75) is 32.2 Å². The average molecular weight is 267 g/mol. The van der Waals surface area contributed by atoms with Crippen molar-refractivity contribution in [2.75, 3.05) is 11.9 Å².